The monoisotopic (exact) mass is 285 g/mol. The standard InChI is InChI=1S/C10H5BrClNO2/c11-6-2-3-7(12)9-5(6)1-4-8(13-9)10(14)15/h1-4H,(H,14,15). The second-order valence-electron chi connectivity index (χ2n) is 2.93. The molecule has 15 heavy (non-hydrogen) atoms. The van der Waals surface area contributed by atoms with Crippen molar-refractivity contribution < 1.29 is 9.90 Å². The summed E-state index contributed by atoms with van der Waals surface area (Å²) in [7, 11) is 0. The van der Waals surface area contributed by atoms with Crippen molar-refractivity contribution in [3.8, 4) is 0 Å². The number of fused-ring (bicyclic) bond motifs is 1. The summed E-state index contributed by atoms with van der Waals surface area (Å²) in [4.78, 5) is 14.7. The zero-order valence-electron chi connectivity index (χ0n) is 7.37. The van der Waals surface area contributed by atoms with Crippen LogP contribution in [0.15, 0.2) is 28.7 Å². The van der Waals surface area contributed by atoms with E-state index in [9.17, 15) is 4.79 Å². The Morgan fingerprint density at radius 2 is 2.07 bits per heavy atom. The van der Waals surface area contributed by atoms with Crippen molar-refractivity contribution in [2.75, 3.05) is 0 Å². The molecule has 0 atom stereocenters. The summed E-state index contributed by atoms with van der Waals surface area (Å²) in [6.45, 7) is 0. The minimum Gasteiger partial charge on any atom is -0.477 e. The van der Waals surface area contributed by atoms with Gasteiger partial charge in [-0.05, 0) is 24.3 Å². The topological polar surface area (TPSA) is 50.2 Å². The van der Waals surface area contributed by atoms with Crippen molar-refractivity contribution >= 4 is 44.4 Å². The molecule has 0 spiro atoms. The lowest BCUT2D eigenvalue weighted by molar-refractivity contribution is 0.0691. The Hall–Kier alpha value is -1.13. The van der Waals surface area contributed by atoms with E-state index in [0.29, 0.717) is 10.5 Å². The SMILES string of the molecule is O=C(O)c1ccc2c(Br)ccc(Cl)c2n1. The number of rotatable bonds is 1. The van der Waals surface area contributed by atoms with Gasteiger partial charge in [0.15, 0.2) is 0 Å². The fraction of sp³-hybridized carbons (Fsp3) is 0. The van der Waals surface area contributed by atoms with Gasteiger partial charge in [0.05, 0.1) is 10.5 Å². The minimum absolute atomic E-state index is 0.0116. The van der Waals surface area contributed by atoms with E-state index in [2.05, 4.69) is 20.9 Å². The average Bonchev–Trinajstić information content (AvgIpc) is 2.23. The molecule has 2 rings (SSSR count). The van der Waals surface area contributed by atoms with E-state index in [4.69, 9.17) is 16.7 Å². The van der Waals surface area contributed by atoms with Crippen LogP contribution in [0, 0.1) is 0 Å². The Labute approximate surface area is 98.8 Å². The van der Waals surface area contributed by atoms with Crippen LogP contribution in [0.3, 0.4) is 0 Å². The van der Waals surface area contributed by atoms with Crippen molar-refractivity contribution in [3.63, 3.8) is 0 Å². The molecule has 0 radical (unpaired) electrons. The molecule has 0 aliphatic carbocycles. The van der Waals surface area contributed by atoms with Crippen molar-refractivity contribution in [1.82, 2.24) is 4.98 Å². The molecule has 1 heterocycles. The van der Waals surface area contributed by atoms with Gasteiger partial charge in [-0.1, -0.05) is 27.5 Å². The molecule has 0 fully saturated rings. The largest absolute Gasteiger partial charge is 0.477 e. The quantitative estimate of drug-likeness (QED) is 0.874. The number of aromatic carboxylic acids is 1. The van der Waals surface area contributed by atoms with Gasteiger partial charge in [-0.3, -0.25) is 0 Å². The van der Waals surface area contributed by atoms with Gasteiger partial charge in [-0.15, -0.1) is 0 Å². The third-order valence-corrected chi connectivity index (χ3v) is 2.97. The molecule has 0 aliphatic heterocycles. The lowest BCUT2D eigenvalue weighted by Gasteiger charge is -2.03. The summed E-state index contributed by atoms with van der Waals surface area (Å²) >= 11 is 9.28. The summed E-state index contributed by atoms with van der Waals surface area (Å²) < 4.78 is 0.839. The van der Waals surface area contributed by atoms with Crippen LogP contribution in [0.5, 0.6) is 0 Å². The molecule has 0 aliphatic rings. The molecule has 0 bridgehead atoms. The van der Waals surface area contributed by atoms with Crippen LogP contribution in [-0.2, 0) is 0 Å². The Kier molecular flexibility index (Phi) is 2.63. The number of halogens is 2. The smallest absolute Gasteiger partial charge is 0.354 e. The first-order chi connectivity index (χ1) is 7.09. The number of carbonyl (C=O) groups is 1. The molecular formula is C10H5BrClNO2. The van der Waals surface area contributed by atoms with E-state index in [1.54, 1.807) is 18.2 Å². The molecule has 2 aromatic rings. The highest BCUT2D eigenvalue weighted by molar-refractivity contribution is 9.10. The number of hydrogen-bond donors (Lipinski definition) is 1. The highest BCUT2D eigenvalue weighted by atomic mass is 79.9. The van der Waals surface area contributed by atoms with Crippen LogP contribution < -0.4 is 0 Å². The van der Waals surface area contributed by atoms with E-state index in [0.717, 1.165) is 9.86 Å². The van der Waals surface area contributed by atoms with Gasteiger partial charge in [0.2, 0.25) is 0 Å². The maximum atomic E-state index is 10.7. The molecule has 0 amide bonds. The van der Waals surface area contributed by atoms with Gasteiger partial charge in [0.25, 0.3) is 0 Å². The van der Waals surface area contributed by atoms with E-state index in [1.807, 2.05) is 0 Å². The van der Waals surface area contributed by atoms with Gasteiger partial charge in [-0.25, -0.2) is 9.78 Å². The maximum absolute atomic E-state index is 10.7. The third-order valence-electron chi connectivity index (χ3n) is 1.97. The maximum Gasteiger partial charge on any atom is 0.354 e. The van der Waals surface area contributed by atoms with Crippen LogP contribution in [0.2, 0.25) is 5.02 Å². The van der Waals surface area contributed by atoms with Crippen molar-refractivity contribution in [2.24, 2.45) is 0 Å². The Morgan fingerprint density at radius 1 is 1.33 bits per heavy atom. The number of carboxylic acids is 1. The molecule has 5 heteroatoms. The lowest BCUT2D eigenvalue weighted by atomic mass is 10.2. The number of pyridine rings is 1. The summed E-state index contributed by atoms with van der Waals surface area (Å²) in [6.07, 6.45) is 0. The van der Waals surface area contributed by atoms with Crippen LogP contribution >= 0.6 is 27.5 Å². The van der Waals surface area contributed by atoms with Gasteiger partial charge >= 0.3 is 5.97 Å². The molecule has 1 aromatic heterocycles. The van der Waals surface area contributed by atoms with E-state index >= 15 is 0 Å². The molecule has 1 N–H and O–H groups in total. The highest BCUT2D eigenvalue weighted by Gasteiger charge is 2.09. The molecular weight excluding hydrogens is 281 g/mol. The number of aromatic nitrogens is 1. The van der Waals surface area contributed by atoms with Crippen LogP contribution in [0.25, 0.3) is 10.9 Å². The Morgan fingerprint density at radius 3 is 2.73 bits per heavy atom. The number of carboxylic acid groups (broad SMARTS) is 1. The predicted molar refractivity (Wildman–Crippen MR) is 61.4 cm³/mol. The van der Waals surface area contributed by atoms with Gasteiger partial charge < -0.3 is 5.11 Å². The second-order valence-corrected chi connectivity index (χ2v) is 4.19. The minimum atomic E-state index is -1.06. The normalized spacial score (nSPS) is 10.5. The van der Waals surface area contributed by atoms with Gasteiger partial charge in [0, 0.05) is 9.86 Å². The second kappa shape index (κ2) is 3.79. The van der Waals surface area contributed by atoms with Crippen molar-refractivity contribution in [2.45, 2.75) is 0 Å². The first-order valence-corrected chi connectivity index (χ1v) is 5.25. The molecule has 0 unspecified atom stereocenters. The number of benzene rings is 1. The van der Waals surface area contributed by atoms with E-state index in [-0.39, 0.29) is 5.69 Å². The zero-order valence-corrected chi connectivity index (χ0v) is 9.71. The van der Waals surface area contributed by atoms with Gasteiger partial charge in [0.1, 0.15) is 5.69 Å². The summed E-state index contributed by atoms with van der Waals surface area (Å²) in [6, 6.07) is 6.60. The van der Waals surface area contributed by atoms with Gasteiger partial charge in [-0.2, -0.15) is 0 Å². The molecule has 0 saturated heterocycles. The van der Waals surface area contributed by atoms with Crippen molar-refractivity contribution in [3.05, 3.63) is 39.5 Å². The average molecular weight is 287 g/mol. The van der Waals surface area contributed by atoms with Crippen LogP contribution in [0.4, 0.5) is 0 Å². The molecule has 1 aromatic carbocycles. The van der Waals surface area contributed by atoms with Crippen LogP contribution in [0.1, 0.15) is 10.5 Å². The molecule has 3 nitrogen and oxygen atoms in total. The lowest BCUT2D eigenvalue weighted by Crippen LogP contribution is -1.99. The third kappa shape index (κ3) is 1.82. The summed E-state index contributed by atoms with van der Waals surface area (Å²) in [5.41, 5.74) is 0.480. The summed E-state index contributed by atoms with van der Waals surface area (Å²) in [5.74, 6) is -1.06. The van der Waals surface area contributed by atoms with E-state index < -0.39 is 5.97 Å². The molecule has 0 saturated carbocycles. The highest BCUT2D eigenvalue weighted by Crippen LogP contribution is 2.28. The predicted octanol–water partition coefficient (Wildman–Crippen LogP) is 3.35. The first kappa shape index (κ1) is 10.4. The fourth-order valence-electron chi connectivity index (χ4n) is 1.27. The Balaban J connectivity index is 2.81. The van der Waals surface area contributed by atoms with Crippen LogP contribution in [-0.4, -0.2) is 16.1 Å². The summed E-state index contributed by atoms with van der Waals surface area (Å²) in [5, 5.41) is 10.0. The van der Waals surface area contributed by atoms with E-state index in [1.165, 1.54) is 6.07 Å². The number of hydrogen-bond acceptors (Lipinski definition) is 2. The first-order valence-electron chi connectivity index (χ1n) is 4.07. The zero-order chi connectivity index (χ0) is 11.0. The van der Waals surface area contributed by atoms with Crippen molar-refractivity contribution in [1.29, 1.82) is 0 Å². The molecule has 76 valence electrons. The fourth-order valence-corrected chi connectivity index (χ4v) is 1.93. The number of nitrogens with zero attached hydrogens (tertiary/aromatic N) is 1. The Bertz CT molecular complexity index is 556.